The molecule has 1 aromatic heterocycles. The van der Waals surface area contributed by atoms with Crippen molar-refractivity contribution in [3.63, 3.8) is 0 Å². The quantitative estimate of drug-likeness (QED) is 0.505. The first-order chi connectivity index (χ1) is 15.4. The average Bonchev–Trinajstić information content (AvgIpc) is 3.20. The highest BCUT2D eigenvalue weighted by atomic mass is 19.1. The summed E-state index contributed by atoms with van der Waals surface area (Å²) in [5.41, 5.74) is 2.78. The Balaban J connectivity index is 1.59. The molecule has 0 unspecified atom stereocenters. The lowest BCUT2D eigenvalue weighted by molar-refractivity contribution is 0.195. The van der Waals surface area contributed by atoms with Crippen molar-refractivity contribution in [1.82, 2.24) is 19.8 Å². The topological polar surface area (TPSA) is 59.4 Å². The second-order valence-corrected chi connectivity index (χ2v) is 8.34. The number of carbonyl (C=O) groups excluding carboxylic acids is 1. The number of amides is 2. The Morgan fingerprint density at radius 2 is 1.81 bits per heavy atom. The number of urea groups is 1. The van der Waals surface area contributed by atoms with Crippen LogP contribution < -0.4 is 10.1 Å². The third-order valence-corrected chi connectivity index (χ3v) is 4.92. The molecule has 0 atom stereocenters. The van der Waals surface area contributed by atoms with Crippen LogP contribution in [-0.4, -0.2) is 33.6 Å². The Labute approximate surface area is 189 Å². The zero-order valence-corrected chi connectivity index (χ0v) is 18.9. The molecule has 0 saturated heterocycles. The summed E-state index contributed by atoms with van der Waals surface area (Å²) >= 11 is 0. The lowest BCUT2D eigenvalue weighted by Gasteiger charge is -2.23. The van der Waals surface area contributed by atoms with E-state index in [1.54, 1.807) is 23.4 Å². The van der Waals surface area contributed by atoms with E-state index in [2.05, 4.69) is 24.1 Å². The molecule has 0 aliphatic heterocycles. The van der Waals surface area contributed by atoms with Gasteiger partial charge in [0.25, 0.3) is 0 Å². The highest BCUT2D eigenvalue weighted by Gasteiger charge is 2.15. The number of imidazole rings is 1. The fourth-order valence-electron chi connectivity index (χ4n) is 3.16. The third kappa shape index (κ3) is 7.41. The molecule has 3 aromatic rings. The molecule has 0 radical (unpaired) electrons. The van der Waals surface area contributed by atoms with E-state index in [1.165, 1.54) is 12.1 Å². The number of nitrogens with one attached hydrogen (secondary N) is 1. The van der Waals surface area contributed by atoms with E-state index in [-0.39, 0.29) is 11.8 Å². The summed E-state index contributed by atoms with van der Waals surface area (Å²) in [6.45, 7) is 6.19. The molecule has 7 heteroatoms. The predicted octanol–water partition coefficient (Wildman–Crippen LogP) is 4.55. The molecule has 3 rings (SSSR count). The van der Waals surface area contributed by atoms with E-state index >= 15 is 0 Å². The number of hydrogen-bond acceptors (Lipinski definition) is 3. The van der Waals surface area contributed by atoms with Gasteiger partial charge in [0.15, 0.2) is 0 Å². The molecule has 0 saturated carbocycles. The van der Waals surface area contributed by atoms with E-state index in [1.807, 2.05) is 42.1 Å². The highest BCUT2D eigenvalue weighted by molar-refractivity contribution is 5.74. The number of ether oxygens (including phenoxy) is 1. The van der Waals surface area contributed by atoms with Gasteiger partial charge in [-0.25, -0.2) is 14.2 Å². The lowest BCUT2D eigenvalue weighted by Crippen LogP contribution is -2.40. The van der Waals surface area contributed by atoms with Gasteiger partial charge in [-0.2, -0.15) is 0 Å². The molecule has 6 nitrogen and oxygen atoms in total. The SMILES string of the molecule is CC(C)COc1ccc(CNC(=O)N(CCc2cn(C)cn2)Cc2ccc(F)cc2)cc1. The maximum absolute atomic E-state index is 13.3. The van der Waals surface area contributed by atoms with Gasteiger partial charge in [0.1, 0.15) is 11.6 Å². The number of halogens is 1. The number of hydrogen-bond donors (Lipinski definition) is 1. The molecule has 2 amide bonds. The van der Waals surface area contributed by atoms with E-state index < -0.39 is 0 Å². The largest absolute Gasteiger partial charge is 0.493 e. The Kier molecular flexibility index (Phi) is 8.25. The molecule has 1 N–H and O–H groups in total. The van der Waals surface area contributed by atoms with Crippen molar-refractivity contribution in [3.05, 3.63) is 83.7 Å². The molecule has 2 aromatic carbocycles. The molecule has 0 aliphatic rings. The highest BCUT2D eigenvalue weighted by Crippen LogP contribution is 2.14. The van der Waals surface area contributed by atoms with Crippen molar-refractivity contribution in [2.45, 2.75) is 33.4 Å². The first-order valence-electron chi connectivity index (χ1n) is 10.8. The van der Waals surface area contributed by atoms with Crippen LogP contribution in [0.25, 0.3) is 0 Å². The summed E-state index contributed by atoms with van der Waals surface area (Å²) in [5, 5.41) is 2.99. The van der Waals surface area contributed by atoms with Crippen LogP contribution in [0.4, 0.5) is 9.18 Å². The van der Waals surface area contributed by atoms with Gasteiger partial charge < -0.3 is 19.5 Å². The molecule has 1 heterocycles. The monoisotopic (exact) mass is 438 g/mol. The Morgan fingerprint density at radius 3 is 2.44 bits per heavy atom. The van der Waals surface area contributed by atoms with Gasteiger partial charge in [0.05, 0.1) is 18.6 Å². The summed E-state index contributed by atoms with van der Waals surface area (Å²) < 4.78 is 20.9. The zero-order chi connectivity index (χ0) is 22.9. The van der Waals surface area contributed by atoms with Crippen LogP contribution in [0.15, 0.2) is 61.1 Å². The number of carbonyl (C=O) groups is 1. The minimum atomic E-state index is -0.293. The number of aromatic nitrogens is 2. The van der Waals surface area contributed by atoms with Crippen molar-refractivity contribution in [2.75, 3.05) is 13.2 Å². The fraction of sp³-hybridized carbons (Fsp3) is 0.360. The van der Waals surface area contributed by atoms with Gasteiger partial charge >= 0.3 is 6.03 Å². The van der Waals surface area contributed by atoms with Crippen LogP contribution in [0.1, 0.15) is 30.7 Å². The van der Waals surface area contributed by atoms with Gasteiger partial charge in [-0.3, -0.25) is 0 Å². The average molecular weight is 439 g/mol. The first kappa shape index (κ1) is 23.3. The van der Waals surface area contributed by atoms with Crippen LogP contribution in [-0.2, 0) is 26.6 Å². The van der Waals surface area contributed by atoms with Gasteiger partial charge in [0, 0.05) is 39.3 Å². The van der Waals surface area contributed by atoms with Crippen LogP contribution >= 0.6 is 0 Å². The smallest absolute Gasteiger partial charge is 0.317 e. The minimum absolute atomic E-state index is 0.176. The lowest BCUT2D eigenvalue weighted by atomic mass is 10.2. The first-order valence-corrected chi connectivity index (χ1v) is 10.8. The van der Waals surface area contributed by atoms with E-state index in [9.17, 15) is 9.18 Å². The molecular weight excluding hydrogens is 407 g/mol. The Hall–Kier alpha value is -3.35. The van der Waals surface area contributed by atoms with Crippen molar-refractivity contribution in [1.29, 1.82) is 0 Å². The van der Waals surface area contributed by atoms with Gasteiger partial charge in [0.2, 0.25) is 0 Å². The summed E-state index contributed by atoms with van der Waals surface area (Å²) in [6, 6.07) is 13.8. The van der Waals surface area contributed by atoms with Crippen molar-refractivity contribution >= 4 is 6.03 Å². The molecule has 0 aliphatic carbocycles. The number of nitrogens with zero attached hydrogens (tertiary/aromatic N) is 3. The van der Waals surface area contributed by atoms with Crippen LogP contribution in [0.3, 0.4) is 0 Å². The van der Waals surface area contributed by atoms with Crippen molar-refractivity contribution < 1.29 is 13.9 Å². The van der Waals surface area contributed by atoms with Gasteiger partial charge in [-0.1, -0.05) is 38.1 Å². The fourth-order valence-corrected chi connectivity index (χ4v) is 3.16. The van der Waals surface area contributed by atoms with Gasteiger partial charge in [-0.15, -0.1) is 0 Å². The van der Waals surface area contributed by atoms with E-state index in [4.69, 9.17) is 4.74 Å². The maximum atomic E-state index is 13.3. The standard InChI is InChI=1S/C25H31FN4O2/c1-19(2)17-32-24-10-6-20(7-11-24)14-27-25(31)30(13-12-23-16-29(3)18-28-23)15-21-4-8-22(26)9-5-21/h4-11,16,18-19H,12-15,17H2,1-3H3,(H,27,31). The number of rotatable bonds is 10. The molecule has 32 heavy (non-hydrogen) atoms. The second kappa shape index (κ2) is 11.3. The van der Waals surface area contributed by atoms with Crippen molar-refractivity contribution in [2.24, 2.45) is 13.0 Å². The second-order valence-electron chi connectivity index (χ2n) is 8.34. The van der Waals surface area contributed by atoms with Crippen LogP contribution in [0.5, 0.6) is 5.75 Å². The normalized spacial score (nSPS) is 10.9. The van der Waals surface area contributed by atoms with E-state index in [0.29, 0.717) is 38.6 Å². The Bertz CT molecular complexity index is 984. The number of aryl methyl sites for hydroxylation is 1. The molecule has 170 valence electrons. The van der Waals surface area contributed by atoms with Gasteiger partial charge in [-0.05, 0) is 41.3 Å². The summed E-state index contributed by atoms with van der Waals surface area (Å²) in [4.78, 5) is 19.0. The third-order valence-electron chi connectivity index (χ3n) is 4.92. The summed E-state index contributed by atoms with van der Waals surface area (Å²) in [6.07, 6.45) is 4.32. The molecule has 0 fully saturated rings. The summed E-state index contributed by atoms with van der Waals surface area (Å²) in [5.74, 6) is 0.994. The molecule has 0 bridgehead atoms. The Morgan fingerprint density at radius 1 is 1.12 bits per heavy atom. The maximum Gasteiger partial charge on any atom is 0.317 e. The predicted molar refractivity (Wildman–Crippen MR) is 123 cm³/mol. The van der Waals surface area contributed by atoms with E-state index in [0.717, 1.165) is 22.6 Å². The minimum Gasteiger partial charge on any atom is -0.493 e. The number of benzene rings is 2. The van der Waals surface area contributed by atoms with Crippen LogP contribution in [0.2, 0.25) is 0 Å². The summed E-state index contributed by atoms with van der Waals surface area (Å²) in [7, 11) is 1.92. The molecule has 0 spiro atoms. The molecular formula is C25H31FN4O2. The zero-order valence-electron chi connectivity index (χ0n) is 18.9. The van der Waals surface area contributed by atoms with Crippen molar-refractivity contribution in [3.8, 4) is 5.75 Å². The van der Waals surface area contributed by atoms with Crippen LogP contribution in [0, 0.1) is 11.7 Å².